The number of imidazole rings is 1. The number of halogens is 1. The van der Waals surface area contributed by atoms with Gasteiger partial charge in [-0.15, -0.1) is 0 Å². The van der Waals surface area contributed by atoms with Gasteiger partial charge in [0.25, 0.3) is 0 Å². The molecule has 0 aliphatic carbocycles. The Labute approximate surface area is 217 Å². The predicted octanol–water partition coefficient (Wildman–Crippen LogP) is 3.44. The van der Waals surface area contributed by atoms with E-state index >= 15 is 4.39 Å². The number of H-pyrrole nitrogens is 2. The third kappa shape index (κ3) is 4.22. The smallest absolute Gasteiger partial charge is 0.226 e. The summed E-state index contributed by atoms with van der Waals surface area (Å²) in [5.74, 6) is -0.477. The minimum absolute atomic E-state index is 0.101. The van der Waals surface area contributed by atoms with Crippen molar-refractivity contribution in [2.75, 3.05) is 43.4 Å². The van der Waals surface area contributed by atoms with Crippen LogP contribution in [0, 0.1) is 11.7 Å². The highest BCUT2D eigenvalue weighted by atomic mass is 19.1. The van der Waals surface area contributed by atoms with Gasteiger partial charge in [-0.1, -0.05) is 13.8 Å². The van der Waals surface area contributed by atoms with Crippen LogP contribution in [0.1, 0.15) is 13.8 Å². The third-order valence-corrected chi connectivity index (χ3v) is 6.79. The number of hydrogen-bond acceptors (Lipinski definition) is 8. The highest BCUT2D eigenvalue weighted by Gasteiger charge is 2.23. The Morgan fingerprint density at radius 2 is 1.82 bits per heavy atom. The zero-order valence-corrected chi connectivity index (χ0v) is 21.3. The lowest BCUT2D eigenvalue weighted by atomic mass is 10.1. The molecule has 5 aromatic heterocycles. The number of carbonyl (C=O) groups is 1. The number of rotatable bonds is 5. The van der Waals surface area contributed by atoms with E-state index in [2.05, 4.69) is 52.3 Å². The number of pyridine rings is 3. The van der Waals surface area contributed by atoms with Crippen molar-refractivity contribution < 1.29 is 9.18 Å². The van der Waals surface area contributed by atoms with Crippen LogP contribution in [0.15, 0.2) is 37.1 Å². The number of anilines is 2. The van der Waals surface area contributed by atoms with Gasteiger partial charge in [0.1, 0.15) is 16.9 Å². The van der Waals surface area contributed by atoms with Gasteiger partial charge in [-0.3, -0.25) is 24.8 Å². The Bertz CT molecular complexity index is 1650. The number of hydrogen-bond donors (Lipinski definition) is 3. The normalized spacial score (nSPS) is 14.6. The molecule has 5 aromatic rings. The lowest BCUT2D eigenvalue weighted by Gasteiger charge is -2.33. The van der Waals surface area contributed by atoms with E-state index in [0.717, 1.165) is 42.9 Å². The monoisotopic (exact) mass is 514 g/mol. The topological polar surface area (TPSA) is 132 Å². The number of carbonyl (C=O) groups excluding carboxylic acids is 1. The third-order valence-electron chi connectivity index (χ3n) is 6.79. The zero-order chi connectivity index (χ0) is 26.4. The van der Waals surface area contributed by atoms with Crippen LogP contribution in [0.2, 0.25) is 0 Å². The molecule has 0 radical (unpaired) electrons. The fourth-order valence-corrected chi connectivity index (χ4v) is 4.58. The molecule has 0 spiro atoms. The van der Waals surface area contributed by atoms with Crippen LogP contribution in [0.5, 0.6) is 0 Å². The standard InChI is InChI=1S/C26H27FN10O/c1-14(2)26(38)31-16-8-15(9-28-10-16)22-21(27)20-17(12-30-22)34-35-24(20)25-32-18-11-29-13-19(23(18)33-25)37-6-4-36(3)5-7-37/h8-14H,4-7H2,1-3H3,(H,31,38)(H,32,33)(H,34,35). The van der Waals surface area contributed by atoms with E-state index in [0.29, 0.717) is 28.3 Å². The molecule has 0 atom stereocenters. The van der Waals surface area contributed by atoms with E-state index in [1.54, 1.807) is 26.1 Å². The fourth-order valence-electron chi connectivity index (χ4n) is 4.58. The van der Waals surface area contributed by atoms with E-state index in [-0.39, 0.29) is 22.9 Å². The van der Waals surface area contributed by atoms with Gasteiger partial charge >= 0.3 is 0 Å². The molecule has 0 saturated carbocycles. The van der Waals surface area contributed by atoms with Crippen LogP contribution in [0.4, 0.5) is 15.8 Å². The number of aromatic nitrogens is 7. The summed E-state index contributed by atoms with van der Waals surface area (Å²) in [6.45, 7) is 7.25. The van der Waals surface area contributed by atoms with Gasteiger partial charge in [-0.25, -0.2) is 9.37 Å². The summed E-state index contributed by atoms with van der Waals surface area (Å²) in [5.41, 5.74) is 4.25. The molecule has 6 heterocycles. The average Bonchev–Trinajstić information content (AvgIpc) is 3.54. The summed E-state index contributed by atoms with van der Waals surface area (Å²) in [7, 11) is 2.11. The van der Waals surface area contributed by atoms with Gasteiger partial charge in [-0.2, -0.15) is 5.10 Å². The second-order valence-corrected chi connectivity index (χ2v) is 9.82. The first-order valence-electron chi connectivity index (χ1n) is 12.5. The van der Waals surface area contributed by atoms with Gasteiger partial charge in [-0.05, 0) is 13.1 Å². The van der Waals surface area contributed by atoms with E-state index < -0.39 is 5.82 Å². The van der Waals surface area contributed by atoms with Crippen LogP contribution < -0.4 is 10.2 Å². The minimum atomic E-state index is -0.557. The molecule has 3 N–H and O–H groups in total. The SMILES string of the molecule is CC(C)C(=O)Nc1cncc(-c2ncc3[nH]nc(-c4nc5c(N6CCN(C)CC6)cncc5[nH]4)c3c2F)c1. The summed E-state index contributed by atoms with van der Waals surface area (Å²) < 4.78 is 16.0. The molecule has 1 amide bonds. The molecule has 0 aromatic carbocycles. The number of aromatic amines is 2. The van der Waals surface area contributed by atoms with Crippen LogP contribution >= 0.6 is 0 Å². The molecule has 6 rings (SSSR count). The lowest BCUT2D eigenvalue weighted by molar-refractivity contribution is -0.118. The van der Waals surface area contributed by atoms with Gasteiger partial charge in [0.15, 0.2) is 11.6 Å². The summed E-state index contributed by atoms with van der Waals surface area (Å²) in [4.78, 5) is 37.7. The summed E-state index contributed by atoms with van der Waals surface area (Å²) in [6, 6.07) is 1.65. The highest BCUT2D eigenvalue weighted by Crippen LogP contribution is 2.34. The van der Waals surface area contributed by atoms with Crippen molar-refractivity contribution >= 4 is 39.2 Å². The van der Waals surface area contributed by atoms with Crippen LogP contribution in [0.3, 0.4) is 0 Å². The Morgan fingerprint density at radius 1 is 1.03 bits per heavy atom. The molecule has 11 nitrogen and oxygen atoms in total. The van der Waals surface area contributed by atoms with Crippen molar-refractivity contribution in [3.8, 4) is 22.8 Å². The average molecular weight is 515 g/mol. The minimum Gasteiger partial charge on any atom is -0.366 e. The molecule has 1 saturated heterocycles. The van der Waals surface area contributed by atoms with E-state index in [1.807, 2.05) is 6.20 Å². The zero-order valence-electron chi connectivity index (χ0n) is 21.3. The van der Waals surface area contributed by atoms with Gasteiger partial charge in [0, 0.05) is 43.9 Å². The maximum Gasteiger partial charge on any atom is 0.226 e. The van der Waals surface area contributed by atoms with Crippen LogP contribution in [-0.4, -0.2) is 79.2 Å². The lowest BCUT2D eigenvalue weighted by Crippen LogP contribution is -2.44. The van der Waals surface area contributed by atoms with Gasteiger partial charge in [0.2, 0.25) is 5.91 Å². The highest BCUT2D eigenvalue weighted by molar-refractivity contribution is 5.97. The first-order chi connectivity index (χ1) is 18.4. The van der Waals surface area contributed by atoms with Crippen LogP contribution in [0.25, 0.3) is 44.7 Å². The largest absolute Gasteiger partial charge is 0.366 e. The van der Waals surface area contributed by atoms with Crippen molar-refractivity contribution in [1.29, 1.82) is 0 Å². The predicted molar refractivity (Wildman–Crippen MR) is 143 cm³/mol. The quantitative estimate of drug-likeness (QED) is 0.325. The van der Waals surface area contributed by atoms with Crippen molar-refractivity contribution in [2.24, 2.45) is 5.92 Å². The molecule has 194 valence electrons. The van der Waals surface area contributed by atoms with Crippen molar-refractivity contribution in [3.63, 3.8) is 0 Å². The second-order valence-electron chi connectivity index (χ2n) is 9.82. The molecule has 1 aliphatic heterocycles. The number of nitrogens with zero attached hydrogens (tertiary/aromatic N) is 7. The van der Waals surface area contributed by atoms with Crippen molar-refractivity contribution in [1.82, 2.24) is 40.0 Å². The maximum atomic E-state index is 16.0. The Balaban J connectivity index is 1.40. The fraction of sp³-hybridized carbons (Fsp3) is 0.308. The number of piperazine rings is 1. The Morgan fingerprint density at radius 3 is 2.61 bits per heavy atom. The Kier molecular flexibility index (Phi) is 5.95. The molecule has 38 heavy (non-hydrogen) atoms. The summed E-state index contributed by atoms with van der Waals surface area (Å²) in [6.07, 6.45) is 8.10. The molecule has 0 bridgehead atoms. The Hall–Kier alpha value is -4.45. The number of likely N-dealkylation sites (N-methyl/N-ethyl adjacent to an activating group) is 1. The first kappa shape index (κ1) is 23.9. The first-order valence-corrected chi connectivity index (χ1v) is 12.5. The molecule has 12 heteroatoms. The maximum absolute atomic E-state index is 16.0. The molecule has 1 fully saturated rings. The molecule has 1 aliphatic rings. The van der Waals surface area contributed by atoms with Gasteiger partial charge < -0.3 is 20.1 Å². The van der Waals surface area contributed by atoms with Crippen molar-refractivity contribution in [3.05, 3.63) is 42.9 Å². The summed E-state index contributed by atoms with van der Waals surface area (Å²) >= 11 is 0. The molecular formula is C26H27FN10O. The number of fused-ring (bicyclic) bond motifs is 2. The molecule has 0 unspecified atom stereocenters. The van der Waals surface area contributed by atoms with E-state index in [1.165, 1.54) is 18.6 Å². The van der Waals surface area contributed by atoms with E-state index in [4.69, 9.17) is 4.98 Å². The van der Waals surface area contributed by atoms with Gasteiger partial charge in [0.05, 0.1) is 52.6 Å². The van der Waals surface area contributed by atoms with E-state index in [9.17, 15) is 4.79 Å². The van der Waals surface area contributed by atoms with Crippen LogP contribution in [-0.2, 0) is 4.79 Å². The van der Waals surface area contributed by atoms with Crippen molar-refractivity contribution in [2.45, 2.75) is 13.8 Å². The number of amides is 1. The second kappa shape index (κ2) is 9.45. The molecular weight excluding hydrogens is 487 g/mol. The number of nitrogens with one attached hydrogen (secondary N) is 3. The summed E-state index contributed by atoms with van der Waals surface area (Å²) in [5, 5.41) is 10.3.